The van der Waals surface area contributed by atoms with Crippen LogP contribution >= 0.6 is 0 Å². The summed E-state index contributed by atoms with van der Waals surface area (Å²) in [5.74, 6) is 0.767. The molecule has 0 spiro atoms. The molecule has 0 aromatic heterocycles. The quantitative estimate of drug-likeness (QED) is 0.773. The van der Waals surface area contributed by atoms with Crippen molar-refractivity contribution in [3.05, 3.63) is 24.3 Å². The molecular formula is C17H25N3O3S. The zero-order valence-electron chi connectivity index (χ0n) is 13.9. The highest BCUT2D eigenvalue weighted by Gasteiger charge is 2.40. The van der Waals surface area contributed by atoms with Gasteiger partial charge in [0.15, 0.2) is 0 Å². The molecule has 2 bridgehead atoms. The fraction of sp³-hybridized carbons (Fsp3) is 0.588. The minimum atomic E-state index is -3.40. The zero-order chi connectivity index (χ0) is 17.3. The topological polar surface area (TPSA) is 101 Å². The molecule has 132 valence electrons. The number of carbonyl (C=O) groups is 1. The van der Waals surface area contributed by atoms with Gasteiger partial charge in [-0.05, 0) is 49.7 Å². The van der Waals surface area contributed by atoms with Gasteiger partial charge in [0, 0.05) is 12.0 Å². The Morgan fingerprint density at radius 1 is 1.12 bits per heavy atom. The summed E-state index contributed by atoms with van der Waals surface area (Å²) in [5.41, 5.74) is 7.17. The van der Waals surface area contributed by atoms with Crippen molar-refractivity contribution in [2.24, 2.45) is 23.5 Å². The monoisotopic (exact) mass is 351 g/mol. The number of hydrogen-bond donors (Lipinski definition) is 3. The lowest BCUT2D eigenvalue weighted by Crippen LogP contribution is -2.48. The molecule has 6 nitrogen and oxygen atoms in total. The van der Waals surface area contributed by atoms with E-state index >= 15 is 0 Å². The molecule has 2 atom stereocenters. The van der Waals surface area contributed by atoms with Crippen LogP contribution in [0.25, 0.3) is 0 Å². The van der Waals surface area contributed by atoms with Gasteiger partial charge in [-0.25, -0.2) is 8.42 Å². The Morgan fingerprint density at radius 2 is 1.71 bits per heavy atom. The normalized spacial score (nSPS) is 29.8. The van der Waals surface area contributed by atoms with Crippen molar-refractivity contribution in [3.8, 4) is 0 Å². The van der Waals surface area contributed by atoms with Gasteiger partial charge >= 0.3 is 0 Å². The molecule has 2 unspecified atom stereocenters. The summed E-state index contributed by atoms with van der Waals surface area (Å²) < 4.78 is 25.4. The number of benzene rings is 1. The number of nitrogens with two attached hydrogens (primary N) is 1. The fourth-order valence-corrected chi connectivity index (χ4v) is 4.70. The van der Waals surface area contributed by atoms with Gasteiger partial charge in [0.05, 0.1) is 17.6 Å². The molecule has 2 aliphatic carbocycles. The second-order valence-electron chi connectivity index (χ2n) is 7.11. The van der Waals surface area contributed by atoms with E-state index in [0.29, 0.717) is 23.2 Å². The van der Waals surface area contributed by atoms with Gasteiger partial charge in [-0.3, -0.25) is 9.52 Å². The molecule has 0 heterocycles. The number of fused-ring (bicyclic) bond motifs is 2. The lowest BCUT2D eigenvalue weighted by atomic mass is 9.65. The van der Waals surface area contributed by atoms with Crippen LogP contribution < -0.4 is 15.8 Å². The van der Waals surface area contributed by atoms with Crippen LogP contribution in [0.3, 0.4) is 0 Å². The van der Waals surface area contributed by atoms with Gasteiger partial charge in [-0.2, -0.15) is 0 Å². The Morgan fingerprint density at radius 3 is 2.29 bits per heavy atom. The van der Waals surface area contributed by atoms with Crippen LogP contribution in [0.1, 0.15) is 32.1 Å². The molecule has 7 heteroatoms. The minimum Gasteiger partial charge on any atom is -0.327 e. The molecule has 0 radical (unpaired) electrons. The van der Waals surface area contributed by atoms with E-state index in [4.69, 9.17) is 5.73 Å². The van der Waals surface area contributed by atoms with Crippen molar-refractivity contribution in [1.82, 2.24) is 0 Å². The van der Waals surface area contributed by atoms with Gasteiger partial charge < -0.3 is 11.1 Å². The summed E-state index contributed by atoms with van der Waals surface area (Å²) in [6.07, 6.45) is 6.16. The van der Waals surface area contributed by atoms with Crippen molar-refractivity contribution >= 4 is 27.3 Å². The first-order valence-electron chi connectivity index (χ1n) is 8.47. The van der Waals surface area contributed by atoms with Crippen LogP contribution in [-0.4, -0.2) is 26.6 Å². The molecule has 2 aliphatic rings. The second-order valence-corrected chi connectivity index (χ2v) is 8.85. The molecule has 4 N–H and O–H groups in total. The van der Waals surface area contributed by atoms with Gasteiger partial charge in [0.2, 0.25) is 15.9 Å². The van der Waals surface area contributed by atoms with Crippen molar-refractivity contribution in [3.63, 3.8) is 0 Å². The number of nitrogens with one attached hydrogen (secondary N) is 2. The smallest absolute Gasteiger partial charge is 0.229 e. The van der Waals surface area contributed by atoms with Crippen LogP contribution in [0.4, 0.5) is 11.4 Å². The van der Waals surface area contributed by atoms with E-state index in [1.807, 2.05) is 0 Å². The summed E-state index contributed by atoms with van der Waals surface area (Å²) >= 11 is 0. The zero-order valence-corrected chi connectivity index (χ0v) is 14.7. The van der Waals surface area contributed by atoms with Crippen LogP contribution in [0.2, 0.25) is 0 Å². The Kier molecular flexibility index (Phi) is 4.83. The first kappa shape index (κ1) is 17.2. The van der Waals surface area contributed by atoms with Crippen molar-refractivity contribution in [1.29, 1.82) is 0 Å². The van der Waals surface area contributed by atoms with Crippen LogP contribution in [0.15, 0.2) is 24.3 Å². The lowest BCUT2D eigenvalue weighted by Gasteiger charge is -2.43. The fourth-order valence-electron chi connectivity index (χ4n) is 4.12. The number of sulfonamides is 1. The SMILES string of the molecule is CS(=O)(=O)Nc1ccccc1NC(=O)C1CC2CCCC(C1)C2N. The largest absolute Gasteiger partial charge is 0.327 e. The van der Waals surface area contributed by atoms with E-state index in [1.165, 1.54) is 6.42 Å². The Labute approximate surface area is 143 Å². The maximum atomic E-state index is 12.7. The second kappa shape index (κ2) is 6.72. The molecule has 1 amide bonds. The average Bonchev–Trinajstić information content (AvgIpc) is 2.47. The molecule has 3 rings (SSSR count). The van der Waals surface area contributed by atoms with E-state index in [-0.39, 0.29) is 17.9 Å². The Bertz CT molecular complexity index is 706. The molecular weight excluding hydrogens is 326 g/mol. The van der Waals surface area contributed by atoms with E-state index in [1.54, 1.807) is 24.3 Å². The standard InChI is InChI=1S/C17H25N3O3S/c1-24(22,23)20-15-8-3-2-7-14(15)19-17(21)13-9-11-5-4-6-12(10-13)16(11)18/h2-3,7-8,11-13,16,20H,4-6,9-10,18H2,1H3,(H,19,21). The van der Waals surface area contributed by atoms with Crippen molar-refractivity contribution < 1.29 is 13.2 Å². The highest BCUT2D eigenvalue weighted by molar-refractivity contribution is 7.92. The highest BCUT2D eigenvalue weighted by Crippen LogP contribution is 2.42. The summed E-state index contributed by atoms with van der Waals surface area (Å²) in [6, 6.07) is 7.08. The summed E-state index contributed by atoms with van der Waals surface area (Å²) in [4.78, 5) is 12.7. The molecule has 24 heavy (non-hydrogen) atoms. The van der Waals surface area contributed by atoms with Gasteiger partial charge in [0.1, 0.15) is 0 Å². The van der Waals surface area contributed by atoms with Gasteiger partial charge in [-0.1, -0.05) is 18.6 Å². The van der Waals surface area contributed by atoms with E-state index in [2.05, 4.69) is 10.0 Å². The molecule has 1 aromatic carbocycles. The van der Waals surface area contributed by atoms with E-state index < -0.39 is 10.0 Å². The molecule has 2 fully saturated rings. The Hall–Kier alpha value is -1.60. The maximum absolute atomic E-state index is 12.7. The van der Waals surface area contributed by atoms with E-state index in [9.17, 15) is 13.2 Å². The van der Waals surface area contributed by atoms with Crippen LogP contribution in [-0.2, 0) is 14.8 Å². The summed E-state index contributed by atoms with van der Waals surface area (Å²) in [6.45, 7) is 0. The van der Waals surface area contributed by atoms with Crippen LogP contribution in [0, 0.1) is 17.8 Å². The first-order valence-corrected chi connectivity index (χ1v) is 10.4. The number of rotatable bonds is 4. The lowest BCUT2D eigenvalue weighted by molar-refractivity contribution is -0.122. The Balaban J connectivity index is 1.72. The number of anilines is 2. The van der Waals surface area contributed by atoms with Crippen molar-refractivity contribution in [2.75, 3.05) is 16.3 Å². The maximum Gasteiger partial charge on any atom is 0.229 e. The number of carbonyl (C=O) groups excluding carboxylic acids is 1. The van der Waals surface area contributed by atoms with Crippen LogP contribution in [0.5, 0.6) is 0 Å². The minimum absolute atomic E-state index is 0.0402. The predicted octanol–water partition coefficient (Wildman–Crippen LogP) is 2.15. The molecule has 0 saturated heterocycles. The summed E-state index contributed by atoms with van der Waals surface area (Å²) in [7, 11) is -3.40. The number of para-hydroxylation sites is 2. The van der Waals surface area contributed by atoms with Gasteiger partial charge in [-0.15, -0.1) is 0 Å². The molecule has 1 aromatic rings. The van der Waals surface area contributed by atoms with E-state index in [0.717, 1.165) is 31.9 Å². The third-order valence-electron chi connectivity index (χ3n) is 5.26. The third-order valence-corrected chi connectivity index (χ3v) is 5.85. The van der Waals surface area contributed by atoms with Gasteiger partial charge in [0.25, 0.3) is 0 Å². The predicted molar refractivity (Wildman–Crippen MR) is 95.1 cm³/mol. The average molecular weight is 351 g/mol. The number of hydrogen-bond acceptors (Lipinski definition) is 4. The molecule has 0 aliphatic heterocycles. The highest BCUT2D eigenvalue weighted by atomic mass is 32.2. The molecule has 2 saturated carbocycles. The first-order chi connectivity index (χ1) is 11.3. The third kappa shape index (κ3) is 3.89. The summed E-state index contributed by atoms with van der Waals surface area (Å²) in [5, 5.41) is 2.90. The van der Waals surface area contributed by atoms with Crippen molar-refractivity contribution in [2.45, 2.75) is 38.1 Å². The number of amides is 1.